The summed E-state index contributed by atoms with van der Waals surface area (Å²) in [6, 6.07) is 12.6. The SMILES string of the molecule is COc1ccc2c(CC(=O)Nc3ccc(NC(=O)c4ccc(F)cc4)cc3C(F)(F)F)coc2c1. The van der Waals surface area contributed by atoms with E-state index < -0.39 is 35.1 Å². The van der Waals surface area contributed by atoms with E-state index >= 15 is 0 Å². The Morgan fingerprint density at radius 1 is 0.971 bits per heavy atom. The third-order valence-corrected chi connectivity index (χ3v) is 5.18. The normalized spacial score (nSPS) is 11.3. The summed E-state index contributed by atoms with van der Waals surface area (Å²) in [5.41, 5.74) is -0.690. The molecule has 0 bridgehead atoms. The van der Waals surface area contributed by atoms with Crippen LogP contribution in [0.3, 0.4) is 0 Å². The van der Waals surface area contributed by atoms with Crippen LogP contribution in [-0.4, -0.2) is 18.9 Å². The molecule has 2 amide bonds. The summed E-state index contributed by atoms with van der Waals surface area (Å²) in [5, 5.41) is 5.26. The van der Waals surface area contributed by atoms with Crippen molar-refractivity contribution in [3.05, 3.63) is 89.4 Å². The lowest BCUT2D eigenvalue weighted by atomic mass is 10.1. The van der Waals surface area contributed by atoms with Crippen LogP contribution in [-0.2, 0) is 17.4 Å². The lowest BCUT2D eigenvalue weighted by Gasteiger charge is -2.16. The summed E-state index contributed by atoms with van der Waals surface area (Å²) in [6.07, 6.45) is -3.67. The first-order valence-electron chi connectivity index (χ1n) is 10.3. The van der Waals surface area contributed by atoms with E-state index in [1.54, 1.807) is 18.2 Å². The molecule has 0 atom stereocenters. The first-order chi connectivity index (χ1) is 16.6. The Morgan fingerprint density at radius 2 is 1.71 bits per heavy atom. The molecule has 6 nitrogen and oxygen atoms in total. The smallest absolute Gasteiger partial charge is 0.418 e. The van der Waals surface area contributed by atoms with Crippen molar-refractivity contribution < 1.29 is 36.3 Å². The number of methoxy groups -OCH3 is 1. The van der Waals surface area contributed by atoms with Crippen molar-refractivity contribution in [2.24, 2.45) is 0 Å². The lowest BCUT2D eigenvalue weighted by Crippen LogP contribution is -2.19. The Kier molecular flexibility index (Phi) is 6.46. The fraction of sp³-hybridized carbons (Fsp3) is 0.120. The number of carbonyl (C=O) groups excluding carboxylic acids is 2. The number of hydrogen-bond donors (Lipinski definition) is 2. The van der Waals surface area contributed by atoms with Gasteiger partial charge in [-0.05, 0) is 54.6 Å². The van der Waals surface area contributed by atoms with Gasteiger partial charge in [0.05, 0.1) is 31.0 Å². The van der Waals surface area contributed by atoms with E-state index in [1.165, 1.54) is 31.6 Å². The van der Waals surface area contributed by atoms with Gasteiger partial charge in [0.25, 0.3) is 5.91 Å². The van der Waals surface area contributed by atoms with Crippen molar-refractivity contribution in [3.8, 4) is 5.75 Å². The van der Waals surface area contributed by atoms with Crippen LogP contribution in [0.2, 0.25) is 0 Å². The maximum atomic E-state index is 13.7. The predicted molar refractivity (Wildman–Crippen MR) is 121 cm³/mol. The third kappa shape index (κ3) is 5.43. The van der Waals surface area contributed by atoms with Crippen molar-refractivity contribution in [3.63, 3.8) is 0 Å². The molecule has 0 saturated heterocycles. The molecule has 0 aliphatic carbocycles. The van der Waals surface area contributed by atoms with Crippen LogP contribution >= 0.6 is 0 Å². The quantitative estimate of drug-likeness (QED) is 0.326. The van der Waals surface area contributed by atoms with E-state index in [0.717, 1.165) is 24.3 Å². The van der Waals surface area contributed by atoms with Gasteiger partial charge in [-0.1, -0.05) is 0 Å². The molecule has 0 fully saturated rings. The zero-order chi connectivity index (χ0) is 25.2. The second-order valence-corrected chi connectivity index (χ2v) is 7.57. The maximum absolute atomic E-state index is 13.7. The summed E-state index contributed by atoms with van der Waals surface area (Å²) >= 11 is 0. The number of anilines is 2. The molecule has 1 aromatic heterocycles. The molecule has 1 heterocycles. The number of nitrogens with one attached hydrogen (secondary N) is 2. The number of fused-ring (bicyclic) bond motifs is 1. The van der Waals surface area contributed by atoms with Gasteiger partial charge in [0.2, 0.25) is 5.91 Å². The first-order valence-corrected chi connectivity index (χ1v) is 10.3. The van der Waals surface area contributed by atoms with Crippen LogP contribution in [0.25, 0.3) is 11.0 Å². The minimum atomic E-state index is -4.81. The van der Waals surface area contributed by atoms with Crippen LogP contribution < -0.4 is 15.4 Å². The van der Waals surface area contributed by atoms with Gasteiger partial charge < -0.3 is 19.8 Å². The summed E-state index contributed by atoms with van der Waals surface area (Å²) in [6.45, 7) is 0. The van der Waals surface area contributed by atoms with Gasteiger partial charge in [-0.25, -0.2) is 4.39 Å². The molecule has 2 N–H and O–H groups in total. The van der Waals surface area contributed by atoms with Gasteiger partial charge in [-0.15, -0.1) is 0 Å². The molecular formula is C25H18F4N2O4. The average molecular weight is 486 g/mol. The summed E-state index contributed by atoms with van der Waals surface area (Å²) < 4.78 is 64.7. The molecule has 35 heavy (non-hydrogen) atoms. The maximum Gasteiger partial charge on any atom is 0.418 e. The average Bonchev–Trinajstić information content (AvgIpc) is 3.21. The number of amides is 2. The van der Waals surface area contributed by atoms with Gasteiger partial charge >= 0.3 is 6.18 Å². The van der Waals surface area contributed by atoms with E-state index in [0.29, 0.717) is 22.3 Å². The van der Waals surface area contributed by atoms with Crippen molar-refractivity contribution >= 4 is 34.2 Å². The van der Waals surface area contributed by atoms with Gasteiger partial charge in [0.1, 0.15) is 17.1 Å². The molecule has 10 heteroatoms. The zero-order valence-corrected chi connectivity index (χ0v) is 18.2. The highest BCUT2D eigenvalue weighted by atomic mass is 19.4. The highest BCUT2D eigenvalue weighted by molar-refractivity contribution is 6.04. The molecular weight excluding hydrogens is 468 g/mol. The molecule has 0 saturated carbocycles. The molecule has 0 aliphatic heterocycles. The standard InChI is InChI=1S/C25H18F4N2O4/c1-34-18-7-8-19-15(13-35-22(19)12-18)10-23(32)31-21-9-6-17(11-20(21)25(27,28)29)30-24(33)14-2-4-16(26)5-3-14/h2-9,11-13H,10H2,1H3,(H,30,33)(H,31,32). The van der Waals surface area contributed by atoms with Crippen LogP contribution in [0, 0.1) is 5.82 Å². The molecule has 4 aromatic rings. The van der Waals surface area contributed by atoms with Crippen molar-refractivity contribution in [2.75, 3.05) is 17.7 Å². The highest BCUT2D eigenvalue weighted by Crippen LogP contribution is 2.37. The number of halogens is 4. The van der Waals surface area contributed by atoms with E-state index in [2.05, 4.69) is 10.6 Å². The topological polar surface area (TPSA) is 80.6 Å². The Labute approximate surface area is 196 Å². The Hall–Kier alpha value is -4.34. The number of rotatable bonds is 6. The zero-order valence-electron chi connectivity index (χ0n) is 18.2. The summed E-state index contributed by atoms with van der Waals surface area (Å²) in [7, 11) is 1.50. The van der Waals surface area contributed by atoms with Crippen LogP contribution in [0.5, 0.6) is 5.75 Å². The molecule has 0 spiro atoms. The van der Waals surface area contributed by atoms with Crippen molar-refractivity contribution in [1.29, 1.82) is 0 Å². The largest absolute Gasteiger partial charge is 0.497 e. The number of benzene rings is 3. The van der Waals surface area contributed by atoms with Crippen molar-refractivity contribution in [2.45, 2.75) is 12.6 Å². The van der Waals surface area contributed by atoms with Gasteiger partial charge in [0, 0.05) is 28.3 Å². The Bertz CT molecular complexity index is 1400. The fourth-order valence-electron chi connectivity index (χ4n) is 3.46. The summed E-state index contributed by atoms with van der Waals surface area (Å²) in [4.78, 5) is 24.8. The number of ether oxygens (including phenoxy) is 1. The lowest BCUT2D eigenvalue weighted by molar-refractivity contribution is -0.136. The predicted octanol–water partition coefficient (Wildman–Crippen LogP) is 6.03. The number of carbonyl (C=O) groups is 2. The second kappa shape index (κ2) is 9.49. The van der Waals surface area contributed by atoms with E-state index in [-0.39, 0.29) is 17.7 Å². The Morgan fingerprint density at radius 3 is 2.40 bits per heavy atom. The highest BCUT2D eigenvalue weighted by Gasteiger charge is 2.34. The van der Waals surface area contributed by atoms with E-state index in [4.69, 9.17) is 9.15 Å². The fourth-order valence-corrected chi connectivity index (χ4v) is 3.46. The van der Waals surface area contributed by atoms with Crippen LogP contribution in [0.1, 0.15) is 21.5 Å². The van der Waals surface area contributed by atoms with Gasteiger partial charge in [-0.2, -0.15) is 13.2 Å². The van der Waals surface area contributed by atoms with Gasteiger partial charge in [0.15, 0.2) is 0 Å². The molecule has 4 rings (SSSR count). The monoisotopic (exact) mass is 486 g/mol. The number of furan rings is 1. The number of alkyl halides is 3. The third-order valence-electron chi connectivity index (χ3n) is 5.18. The minimum Gasteiger partial charge on any atom is -0.497 e. The minimum absolute atomic E-state index is 0.0716. The van der Waals surface area contributed by atoms with Crippen LogP contribution in [0.4, 0.5) is 28.9 Å². The molecule has 180 valence electrons. The second-order valence-electron chi connectivity index (χ2n) is 7.57. The molecule has 3 aromatic carbocycles. The first kappa shape index (κ1) is 23.8. The van der Waals surface area contributed by atoms with E-state index in [9.17, 15) is 27.2 Å². The summed E-state index contributed by atoms with van der Waals surface area (Å²) in [5.74, 6) is -1.39. The van der Waals surface area contributed by atoms with Crippen LogP contribution in [0.15, 0.2) is 71.3 Å². The van der Waals surface area contributed by atoms with Crippen molar-refractivity contribution in [1.82, 2.24) is 0 Å². The molecule has 0 unspecified atom stereocenters. The van der Waals surface area contributed by atoms with E-state index in [1.807, 2.05) is 0 Å². The molecule has 0 aliphatic rings. The number of hydrogen-bond acceptors (Lipinski definition) is 4. The Balaban J connectivity index is 1.52. The van der Waals surface area contributed by atoms with Gasteiger partial charge in [-0.3, -0.25) is 9.59 Å². The molecule has 0 radical (unpaired) electrons.